The minimum absolute atomic E-state index is 0.0222. The number of likely N-dealkylation sites (N-methyl/N-ethyl adjacent to an activating group) is 1. The molecule has 0 aliphatic rings. The fraction of sp³-hybridized carbons (Fsp3) is 0.628. The maximum atomic E-state index is 13.0. The third kappa shape index (κ3) is 69.2. The van der Waals surface area contributed by atoms with Crippen molar-refractivity contribution in [1.29, 1.82) is 0 Å². The molecule has 0 aliphatic carbocycles. The van der Waals surface area contributed by atoms with Crippen molar-refractivity contribution < 1.29 is 32.9 Å². The van der Waals surface area contributed by atoms with Gasteiger partial charge in [-0.3, -0.25) is 9.36 Å². The molecule has 3 unspecified atom stereocenters. The lowest BCUT2D eigenvalue weighted by Crippen LogP contribution is -2.45. The second kappa shape index (κ2) is 66.3. The Balaban J connectivity index is 4.26. The molecule has 0 saturated carbocycles. The highest BCUT2D eigenvalue weighted by Crippen LogP contribution is 2.38. The van der Waals surface area contributed by atoms with E-state index in [1.807, 2.05) is 27.2 Å². The van der Waals surface area contributed by atoms with Crippen molar-refractivity contribution in [3.05, 3.63) is 170 Å². The van der Waals surface area contributed by atoms with Crippen LogP contribution in [0, 0.1) is 0 Å². The van der Waals surface area contributed by atoms with E-state index >= 15 is 0 Å². The third-order valence-electron chi connectivity index (χ3n) is 14.6. The Morgan fingerprint density at radius 2 is 0.713 bits per heavy atom. The monoisotopic (exact) mass is 1220 g/mol. The van der Waals surface area contributed by atoms with E-state index in [2.05, 4.69) is 177 Å². The molecule has 494 valence electrons. The predicted octanol–water partition coefficient (Wildman–Crippen LogP) is 22.1. The summed E-state index contributed by atoms with van der Waals surface area (Å²) >= 11 is 0. The molecule has 2 N–H and O–H groups in total. The van der Waals surface area contributed by atoms with Crippen LogP contribution in [0.15, 0.2) is 170 Å². The fourth-order valence-corrected chi connectivity index (χ4v) is 9.97. The lowest BCUT2D eigenvalue weighted by atomic mass is 10.0. The molecule has 0 rings (SSSR count). The van der Waals surface area contributed by atoms with E-state index in [1.165, 1.54) is 109 Å². The van der Waals surface area contributed by atoms with Gasteiger partial charge in [0.05, 0.1) is 39.9 Å². The van der Waals surface area contributed by atoms with E-state index in [1.54, 1.807) is 6.08 Å². The van der Waals surface area contributed by atoms with Crippen LogP contribution in [-0.4, -0.2) is 68.5 Å². The first kappa shape index (κ1) is 82.9. The molecule has 0 fully saturated rings. The number of unbranched alkanes of at least 4 members (excludes halogenated alkanes) is 23. The molecule has 0 bridgehead atoms. The molecule has 8 nitrogen and oxygen atoms in total. The summed E-state index contributed by atoms with van der Waals surface area (Å²) in [5.74, 6) is -0.236. The molecule has 0 heterocycles. The van der Waals surface area contributed by atoms with Gasteiger partial charge in [-0.25, -0.2) is 0 Å². The Labute approximate surface area is 536 Å². The zero-order valence-electron chi connectivity index (χ0n) is 56.4. The number of nitrogens with zero attached hydrogens (tertiary/aromatic N) is 1. The number of phosphoric ester groups is 1. The van der Waals surface area contributed by atoms with Crippen LogP contribution in [0.4, 0.5) is 0 Å². The van der Waals surface area contributed by atoms with Gasteiger partial charge in [0.25, 0.3) is 7.82 Å². The minimum Gasteiger partial charge on any atom is -0.756 e. The second-order valence-corrected chi connectivity index (χ2v) is 25.5. The van der Waals surface area contributed by atoms with Gasteiger partial charge in [-0.15, -0.1) is 0 Å². The number of nitrogens with one attached hydrogen (secondary N) is 1. The smallest absolute Gasteiger partial charge is 0.268 e. The average molecular weight is 1220 g/mol. The van der Waals surface area contributed by atoms with Crippen LogP contribution in [0.25, 0.3) is 0 Å². The summed E-state index contributed by atoms with van der Waals surface area (Å²) in [6, 6.07) is -0.935. The Kier molecular flexibility index (Phi) is 63.1. The highest BCUT2D eigenvalue weighted by Gasteiger charge is 2.23. The lowest BCUT2D eigenvalue weighted by Gasteiger charge is -2.29. The number of aliphatic hydroxyl groups excluding tert-OH is 1. The van der Waals surface area contributed by atoms with E-state index < -0.39 is 26.6 Å². The van der Waals surface area contributed by atoms with Crippen LogP contribution in [0.3, 0.4) is 0 Å². The van der Waals surface area contributed by atoms with Crippen molar-refractivity contribution >= 4 is 13.7 Å². The van der Waals surface area contributed by atoms with E-state index in [0.29, 0.717) is 17.4 Å². The number of carbonyl (C=O) groups excluding carboxylic acids is 1. The molecular weight excluding hydrogens is 1090 g/mol. The molecule has 3 atom stereocenters. The molecule has 1 amide bonds. The van der Waals surface area contributed by atoms with Crippen LogP contribution in [-0.2, 0) is 18.4 Å². The molecule has 0 spiro atoms. The van der Waals surface area contributed by atoms with Crippen LogP contribution >= 0.6 is 7.82 Å². The lowest BCUT2D eigenvalue weighted by molar-refractivity contribution is -0.870. The zero-order chi connectivity index (χ0) is 63.4. The number of phosphoric acid groups is 1. The zero-order valence-corrected chi connectivity index (χ0v) is 57.3. The first-order valence-corrected chi connectivity index (χ1v) is 36.5. The van der Waals surface area contributed by atoms with Crippen molar-refractivity contribution in [3.63, 3.8) is 0 Å². The Morgan fingerprint density at radius 1 is 0.414 bits per heavy atom. The minimum atomic E-state index is -4.63. The van der Waals surface area contributed by atoms with Crippen molar-refractivity contribution in [2.24, 2.45) is 0 Å². The molecule has 0 radical (unpaired) electrons. The molecule has 87 heavy (non-hydrogen) atoms. The normalized spacial score (nSPS) is 14.7. The van der Waals surface area contributed by atoms with Crippen LogP contribution in [0.1, 0.15) is 264 Å². The van der Waals surface area contributed by atoms with Gasteiger partial charge in [-0.2, -0.15) is 0 Å². The van der Waals surface area contributed by atoms with E-state index in [4.69, 9.17) is 9.05 Å². The van der Waals surface area contributed by atoms with Gasteiger partial charge in [0.15, 0.2) is 0 Å². The summed E-state index contributed by atoms with van der Waals surface area (Å²) in [4.78, 5) is 25.6. The maximum absolute atomic E-state index is 13.0. The molecular formula is C78H131N2O6P. The molecule has 0 aromatic carbocycles. The number of carbonyl (C=O) groups is 1. The molecule has 0 aromatic rings. The van der Waals surface area contributed by atoms with Crippen molar-refractivity contribution in [1.82, 2.24) is 5.32 Å². The van der Waals surface area contributed by atoms with Gasteiger partial charge in [-0.05, 0) is 128 Å². The number of quaternary nitrogens is 1. The number of amides is 1. The van der Waals surface area contributed by atoms with Crippen LogP contribution < -0.4 is 10.2 Å². The summed E-state index contributed by atoms with van der Waals surface area (Å²) in [6.45, 7) is 4.49. The van der Waals surface area contributed by atoms with Crippen LogP contribution in [0.2, 0.25) is 0 Å². The summed E-state index contributed by atoms with van der Waals surface area (Å²) in [5.41, 5.74) is 0. The van der Waals surface area contributed by atoms with Crippen molar-refractivity contribution in [2.75, 3.05) is 40.9 Å². The van der Waals surface area contributed by atoms with Gasteiger partial charge >= 0.3 is 0 Å². The van der Waals surface area contributed by atoms with Gasteiger partial charge in [0, 0.05) is 6.42 Å². The average Bonchev–Trinajstić information content (AvgIpc) is 3.69. The largest absolute Gasteiger partial charge is 0.756 e. The highest BCUT2D eigenvalue weighted by atomic mass is 31.2. The number of rotatable bonds is 62. The summed E-state index contributed by atoms with van der Waals surface area (Å²) in [5, 5.41) is 13.9. The van der Waals surface area contributed by atoms with Gasteiger partial charge in [0.2, 0.25) is 5.91 Å². The number of aliphatic hydroxyl groups is 1. The van der Waals surface area contributed by atoms with Crippen LogP contribution in [0.5, 0.6) is 0 Å². The first-order valence-electron chi connectivity index (χ1n) is 35.0. The fourth-order valence-electron chi connectivity index (χ4n) is 9.25. The van der Waals surface area contributed by atoms with Crippen molar-refractivity contribution in [2.45, 2.75) is 276 Å². The number of allylic oxidation sites excluding steroid dienone is 27. The van der Waals surface area contributed by atoms with Crippen molar-refractivity contribution in [3.8, 4) is 0 Å². The van der Waals surface area contributed by atoms with Gasteiger partial charge in [-0.1, -0.05) is 300 Å². The Hall–Kier alpha value is -4.14. The van der Waals surface area contributed by atoms with Gasteiger partial charge < -0.3 is 28.8 Å². The second-order valence-electron chi connectivity index (χ2n) is 24.1. The van der Waals surface area contributed by atoms with E-state index in [0.717, 1.165) is 135 Å². The van der Waals surface area contributed by atoms with E-state index in [-0.39, 0.29) is 12.5 Å². The quantitative estimate of drug-likeness (QED) is 0.0272. The van der Waals surface area contributed by atoms with E-state index in [9.17, 15) is 19.4 Å². The predicted molar refractivity (Wildman–Crippen MR) is 380 cm³/mol. The molecule has 0 aromatic heterocycles. The SMILES string of the molecule is CC/C=C\C/C=C\C/C=C\C/C=C\C/C=C\C/C=C\C/C=C\C/C=C\C/C=C\C/C=C\C/C=C\CCCCCCCC(=O)NC(COP(=O)([O-])OCC[N+](C)(C)C)C(O)/C=C/CC/C=C/CC/C=C/CCCCCCCCCCCCCCCCCC. The number of hydrogen-bond donors (Lipinski definition) is 2. The topological polar surface area (TPSA) is 108 Å². The highest BCUT2D eigenvalue weighted by molar-refractivity contribution is 7.45. The third-order valence-corrected chi connectivity index (χ3v) is 15.6. The summed E-state index contributed by atoms with van der Waals surface area (Å²) in [7, 11) is 1.20. The molecule has 9 heteroatoms. The standard InChI is InChI=1S/C78H131N2O6P/c1-6-8-10-12-14-16-18-20-22-24-26-28-30-32-34-35-36-37-38-39-40-41-42-43-44-45-46-48-50-52-54-56-58-60-62-64-66-68-70-72-78(82)79-76(75-86-87(83,84)85-74-73-80(3,4)5)77(81)71-69-67-65-63-61-59-57-55-53-51-49-47-33-31-29-27-25-23-21-19-17-15-13-11-9-7-2/h8,10,14,16,20,22,26,28,32,34,36-37,39-40,42-43,45-46,50,52-53,55-56,58,61,63,69,71,76-77,81H,6-7,9,11-13,15,17-19,21,23-25,27,29-31,33,35,38,41,44,47-49,51,54,57,59-60,62,64-68,70,72-75H2,1-5H3,(H-,79,82,83,84)/b10-8-,16-14-,22-20-,28-26-,34-32-,37-36-,40-39-,43-42-,46-45-,52-50-,55-53+,58-56-,63-61+,71-69+. The summed E-state index contributed by atoms with van der Waals surface area (Å²) in [6.07, 6.45) is 105. The molecule has 0 saturated heterocycles. The Morgan fingerprint density at radius 3 is 1.07 bits per heavy atom. The summed E-state index contributed by atoms with van der Waals surface area (Å²) < 4.78 is 23.4. The van der Waals surface area contributed by atoms with Gasteiger partial charge in [0.1, 0.15) is 13.2 Å². The Bertz CT molecular complexity index is 2020. The molecule has 0 aliphatic heterocycles. The first-order chi connectivity index (χ1) is 42.5. The maximum Gasteiger partial charge on any atom is 0.268 e. The number of hydrogen-bond acceptors (Lipinski definition) is 6.